The van der Waals surface area contributed by atoms with E-state index in [1.807, 2.05) is 0 Å². The van der Waals surface area contributed by atoms with Crippen molar-refractivity contribution in [2.45, 2.75) is 13.5 Å². The van der Waals surface area contributed by atoms with Crippen LogP contribution in [0.3, 0.4) is 0 Å². The maximum atomic E-state index is 13.2. The zero-order chi connectivity index (χ0) is 12.7. The second-order valence-corrected chi connectivity index (χ2v) is 3.42. The van der Waals surface area contributed by atoms with Crippen LogP contribution < -0.4 is 10.1 Å². The third-order valence-corrected chi connectivity index (χ3v) is 1.97. The van der Waals surface area contributed by atoms with E-state index >= 15 is 0 Å². The molecule has 0 atom stereocenters. The molecule has 5 heteroatoms. The van der Waals surface area contributed by atoms with Crippen LogP contribution in [0.15, 0.2) is 18.2 Å². The molecule has 1 aromatic rings. The molecule has 0 aliphatic rings. The van der Waals surface area contributed by atoms with Gasteiger partial charge in [-0.05, 0) is 31.7 Å². The van der Waals surface area contributed by atoms with E-state index in [1.54, 1.807) is 20.0 Å². The molecular formula is C12H16FNO3. The highest BCUT2D eigenvalue weighted by Crippen LogP contribution is 2.16. The normalized spacial score (nSPS) is 10.1. The van der Waals surface area contributed by atoms with Crippen LogP contribution >= 0.6 is 0 Å². The zero-order valence-corrected chi connectivity index (χ0v) is 9.96. The van der Waals surface area contributed by atoms with Crippen LogP contribution in [0.25, 0.3) is 0 Å². The Kier molecular flexibility index (Phi) is 5.42. The van der Waals surface area contributed by atoms with E-state index in [2.05, 4.69) is 5.32 Å². The van der Waals surface area contributed by atoms with Gasteiger partial charge in [-0.2, -0.15) is 0 Å². The van der Waals surface area contributed by atoms with E-state index in [0.29, 0.717) is 18.9 Å². The van der Waals surface area contributed by atoms with Crippen molar-refractivity contribution in [1.29, 1.82) is 0 Å². The zero-order valence-electron chi connectivity index (χ0n) is 9.96. The average molecular weight is 241 g/mol. The van der Waals surface area contributed by atoms with Gasteiger partial charge in [-0.25, -0.2) is 9.18 Å². The molecule has 0 amide bonds. The number of carbonyl (C=O) groups excluding carboxylic acids is 1. The molecule has 0 fully saturated rings. The highest BCUT2D eigenvalue weighted by Gasteiger charge is 2.05. The summed E-state index contributed by atoms with van der Waals surface area (Å²) in [6.07, 6.45) is 0. The number of esters is 1. The van der Waals surface area contributed by atoms with Crippen molar-refractivity contribution < 1.29 is 18.7 Å². The number of halogens is 1. The largest absolute Gasteiger partial charge is 0.482 e. The lowest BCUT2D eigenvalue weighted by molar-refractivity contribution is -0.145. The van der Waals surface area contributed by atoms with Crippen LogP contribution in [0, 0.1) is 5.82 Å². The molecule has 0 aromatic heterocycles. The molecule has 17 heavy (non-hydrogen) atoms. The first kappa shape index (κ1) is 13.4. The highest BCUT2D eigenvalue weighted by atomic mass is 19.1. The Balaban J connectivity index is 2.61. The molecule has 94 valence electrons. The van der Waals surface area contributed by atoms with Gasteiger partial charge in [0.05, 0.1) is 6.61 Å². The summed E-state index contributed by atoms with van der Waals surface area (Å²) < 4.78 is 23.0. The number of hydrogen-bond donors (Lipinski definition) is 1. The van der Waals surface area contributed by atoms with Crippen molar-refractivity contribution >= 4 is 5.97 Å². The van der Waals surface area contributed by atoms with Crippen molar-refractivity contribution in [3.63, 3.8) is 0 Å². The van der Waals surface area contributed by atoms with Crippen LogP contribution in [0.1, 0.15) is 12.5 Å². The Hall–Kier alpha value is -1.62. The number of ether oxygens (including phenoxy) is 2. The summed E-state index contributed by atoms with van der Waals surface area (Å²) in [7, 11) is 1.77. The molecule has 1 N–H and O–H groups in total. The molecule has 0 heterocycles. The summed E-state index contributed by atoms with van der Waals surface area (Å²) in [5, 5.41) is 2.91. The molecule has 0 saturated carbocycles. The van der Waals surface area contributed by atoms with Crippen molar-refractivity contribution in [1.82, 2.24) is 5.32 Å². The van der Waals surface area contributed by atoms with Crippen LogP contribution in [-0.2, 0) is 16.1 Å². The van der Waals surface area contributed by atoms with Crippen molar-refractivity contribution in [3.8, 4) is 5.75 Å². The molecule has 0 aliphatic heterocycles. The molecule has 1 rings (SSSR count). The molecule has 0 unspecified atom stereocenters. The first-order valence-electron chi connectivity index (χ1n) is 5.38. The van der Waals surface area contributed by atoms with Crippen LogP contribution in [0.4, 0.5) is 4.39 Å². The fourth-order valence-corrected chi connectivity index (χ4v) is 1.36. The Morgan fingerprint density at radius 1 is 1.41 bits per heavy atom. The maximum absolute atomic E-state index is 13.2. The summed E-state index contributed by atoms with van der Waals surface area (Å²) in [5.74, 6) is -0.535. The van der Waals surface area contributed by atoms with E-state index in [0.717, 1.165) is 5.56 Å². The van der Waals surface area contributed by atoms with Gasteiger partial charge in [-0.15, -0.1) is 0 Å². The second kappa shape index (κ2) is 6.85. The predicted molar refractivity (Wildman–Crippen MR) is 61.3 cm³/mol. The molecular weight excluding hydrogens is 225 g/mol. The Morgan fingerprint density at radius 3 is 2.82 bits per heavy atom. The second-order valence-electron chi connectivity index (χ2n) is 3.42. The summed E-state index contributed by atoms with van der Waals surface area (Å²) in [6, 6.07) is 4.32. The molecule has 0 saturated heterocycles. The van der Waals surface area contributed by atoms with Gasteiger partial charge in [-0.1, -0.05) is 0 Å². The summed E-state index contributed by atoms with van der Waals surface area (Å²) in [5.41, 5.74) is 0.756. The third kappa shape index (κ3) is 4.82. The molecule has 0 radical (unpaired) electrons. The highest BCUT2D eigenvalue weighted by molar-refractivity contribution is 5.71. The Labute approximate surface area is 99.7 Å². The summed E-state index contributed by atoms with van der Waals surface area (Å²) in [4.78, 5) is 11.1. The number of carbonyl (C=O) groups is 1. The van der Waals surface area contributed by atoms with E-state index in [1.165, 1.54) is 12.1 Å². The van der Waals surface area contributed by atoms with Crippen LogP contribution in [0.5, 0.6) is 5.75 Å². The number of benzene rings is 1. The lowest BCUT2D eigenvalue weighted by atomic mass is 10.2. The van der Waals surface area contributed by atoms with Gasteiger partial charge in [-0.3, -0.25) is 0 Å². The van der Waals surface area contributed by atoms with Gasteiger partial charge in [0.15, 0.2) is 6.61 Å². The van der Waals surface area contributed by atoms with Crippen molar-refractivity contribution in [2.75, 3.05) is 20.3 Å². The monoisotopic (exact) mass is 241 g/mol. The van der Waals surface area contributed by atoms with E-state index in [-0.39, 0.29) is 6.61 Å². The maximum Gasteiger partial charge on any atom is 0.344 e. The average Bonchev–Trinajstić information content (AvgIpc) is 2.26. The molecule has 0 bridgehead atoms. The van der Waals surface area contributed by atoms with E-state index in [9.17, 15) is 9.18 Å². The minimum atomic E-state index is -0.466. The number of nitrogens with one attached hydrogen (secondary N) is 1. The van der Waals surface area contributed by atoms with Gasteiger partial charge in [0.2, 0.25) is 0 Å². The topological polar surface area (TPSA) is 47.6 Å². The standard InChI is InChI=1S/C12H16FNO3/c1-3-16-12(15)8-17-11-5-9(7-14-2)4-10(13)6-11/h4-6,14H,3,7-8H2,1-2H3. The first-order valence-corrected chi connectivity index (χ1v) is 5.38. The molecule has 4 nitrogen and oxygen atoms in total. The van der Waals surface area contributed by atoms with Crippen LogP contribution in [-0.4, -0.2) is 26.2 Å². The summed E-state index contributed by atoms with van der Waals surface area (Å²) >= 11 is 0. The minimum Gasteiger partial charge on any atom is -0.482 e. The number of hydrogen-bond acceptors (Lipinski definition) is 4. The smallest absolute Gasteiger partial charge is 0.344 e. The molecule has 0 spiro atoms. The fraction of sp³-hybridized carbons (Fsp3) is 0.417. The van der Waals surface area contributed by atoms with E-state index < -0.39 is 11.8 Å². The lowest BCUT2D eigenvalue weighted by Crippen LogP contribution is -2.15. The van der Waals surface area contributed by atoms with E-state index in [4.69, 9.17) is 9.47 Å². The van der Waals surface area contributed by atoms with Crippen molar-refractivity contribution in [2.24, 2.45) is 0 Å². The van der Waals surface area contributed by atoms with Gasteiger partial charge in [0.1, 0.15) is 11.6 Å². The Morgan fingerprint density at radius 2 is 2.18 bits per heavy atom. The lowest BCUT2D eigenvalue weighted by Gasteiger charge is -2.08. The van der Waals surface area contributed by atoms with Gasteiger partial charge in [0.25, 0.3) is 0 Å². The van der Waals surface area contributed by atoms with Gasteiger partial charge < -0.3 is 14.8 Å². The Bertz CT molecular complexity index is 382. The predicted octanol–water partition coefficient (Wildman–Crippen LogP) is 1.49. The van der Waals surface area contributed by atoms with Crippen molar-refractivity contribution in [3.05, 3.63) is 29.6 Å². The van der Waals surface area contributed by atoms with Crippen LogP contribution in [0.2, 0.25) is 0 Å². The minimum absolute atomic E-state index is 0.212. The quantitative estimate of drug-likeness (QED) is 0.766. The van der Waals surface area contributed by atoms with Gasteiger partial charge >= 0.3 is 5.97 Å². The fourth-order valence-electron chi connectivity index (χ4n) is 1.36. The first-order chi connectivity index (χ1) is 8.15. The molecule has 0 aliphatic carbocycles. The summed E-state index contributed by atoms with van der Waals surface area (Å²) in [6.45, 7) is 2.34. The molecule has 1 aromatic carbocycles. The number of rotatable bonds is 6. The van der Waals surface area contributed by atoms with Gasteiger partial charge in [0, 0.05) is 12.6 Å². The third-order valence-electron chi connectivity index (χ3n) is 1.97. The SMILES string of the molecule is CCOC(=O)COc1cc(F)cc(CNC)c1.